The van der Waals surface area contributed by atoms with Gasteiger partial charge in [-0.3, -0.25) is 4.79 Å². The van der Waals surface area contributed by atoms with Crippen molar-refractivity contribution in [3.63, 3.8) is 0 Å². The van der Waals surface area contributed by atoms with E-state index in [1.807, 2.05) is 19.9 Å². The molecule has 1 aromatic heterocycles. The summed E-state index contributed by atoms with van der Waals surface area (Å²) in [6, 6.07) is 1.87. The van der Waals surface area contributed by atoms with E-state index in [4.69, 9.17) is 5.11 Å². The highest BCUT2D eigenvalue weighted by atomic mass is 16.3. The standard InChI is InChI=1S/C10H15NO2/c1-8-6-10(7-13)9(2)11(8)4-3-5-12/h6-7,12H,3-5H2,1-2H3. The first-order valence-electron chi connectivity index (χ1n) is 4.43. The summed E-state index contributed by atoms with van der Waals surface area (Å²) in [6.07, 6.45) is 1.60. The van der Waals surface area contributed by atoms with Crippen molar-refractivity contribution in [3.05, 3.63) is 23.0 Å². The lowest BCUT2D eigenvalue weighted by Crippen LogP contribution is -2.04. The molecule has 0 aliphatic carbocycles. The fourth-order valence-corrected chi connectivity index (χ4v) is 1.52. The lowest BCUT2D eigenvalue weighted by atomic mass is 10.3. The predicted molar refractivity (Wildman–Crippen MR) is 51.0 cm³/mol. The van der Waals surface area contributed by atoms with Gasteiger partial charge in [0.1, 0.15) is 0 Å². The maximum Gasteiger partial charge on any atom is 0.151 e. The molecule has 0 saturated carbocycles. The largest absolute Gasteiger partial charge is 0.396 e. The zero-order chi connectivity index (χ0) is 9.84. The lowest BCUT2D eigenvalue weighted by Gasteiger charge is -2.07. The first-order chi connectivity index (χ1) is 6.20. The molecule has 72 valence electrons. The SMILES string of the molecule is Cc1cc(C=O)c(C)n1CCCO. The van der Waals surface area contributed by atoms with Crippen LogP contribution in [0.5, 0.6) is 0 Å². The normalized spacial score (nSPS) is 10.4. The van der Waals surface area contributed by atoms with Gasteiger partial charge >= 0.3 is 0 Å². The van der Waals surface area contributed by atoms with Crippen molar-refractivity contribution in [2.45, 2.75) is 26.8 Å². The third-order valence-corrected chi connectivity index (χ3v) is 2.28. The summed E-state index contributed by atoms with van der Waals surface area (Å²) >= 11 is 0. The third-order valence-electron chi connectivity index (χ3n) is 2.28. The summed E-state index contributed by atoms with van der Waals surface area (Å²) in [7, 11) is 0. The highest BCUT2D eigenvalue weighted by Crippen LogP contribution is 2.13. The molecule has 0 saturated heterocycles. The summed E-state index contributed by atoms with van der Waals surface area (Å²) in [6.45, 7) is 4.86. The summed E-state index contributed by atoms with van der Waals surface area (Å²) in [4.78, 5) is 10.6. The van der Waals surface area contributed by atoms with Gasteiger partial charge in [0.25, 0.3) is 0 Å². The molecule has 1 N–H and O–H groups in total. The van der Waals surface area contributed by atoms with E-state index in [1.54, 1.807) is 0 Å². The van der Waals surface area contributed by atoms with E-state index < -0.39 is 0 Å². The third kappa shape index (κ3) is 1.98. The van der Waals surface area contributed by atoms with Gasteiger partial charge in [0.05, 0.1) is 0 Å². The molecule has 1 aromatic rings. The number of nitrogens with zero attached hydrogens (tertiary/aromatic N) is 1. The average Bonchev–Trinajstić information content (AvgIpc) is 2.39. The van der Waals surface area contributed by atoms with Crippen molar-refractivity contribution in [1.29, 1.82) is 0 Å². The molecule has 1 heterocycles. The number of aromatic nitrogens is 1. The van der Waals surface area contributed by atoms with Gasteiger partial charge in [-0.15, -0.1) is 0 Å². The van der Waals surface area contributed by atoms with Crippen LogP contribution in [0, 0.1) is 13.8 Å². The second-order valence-corrected chi connectivity index (χ2v) is 3.17. The first kappa shape index (κ1) is 9.99. The number of aldehydes is 1. The Morgan fingerprint density at radius 3 is 2.69 bits per heavy atom. The van der Waals surface area contributed by atoms with Crippen molar-refractivity contribution in [2.75, 3.05) is 6.61 Å². The van der Waals surface area contributed by atoms with Crippen molar-refractivity contribution in [3.8, 4) is 0 Å². The Balaban J connectivity index is 2.91. The van der Waals surface area contributed by atoms with Crippen molar-refractivity contribution >= 4 is 6.29 Å². The average molecular weight is 181 g/mol. The Morgan fingerprint density at radius 2 is 2.23 bits per heavy atom. The minimum Gasteiger partial charge on any atom is -0.396 e. The number of hydrogen-bond acceptors (Lipinski definition) is 2. The monoisotopic (exact) mass is 181 g/mol. The van der Waals surface area contributed by atoms with Gasteiger partial charge < -0.3 is 9.67 Å². The molecular formula is C10H15NO2. The van der Waals surface area contributed by atoms with E-state index in [0.29, 0.717) is 0 Å². The molecule has 0 bridgehead atoms. The molecule has 3 heteroatoms. The van der Waals surface area contributed by atoms with Crippen molar-refractivity contribution in [1.82, 2.24) is 4.57 Å². The zero-order valence-electron chi connectivity index (χ0n) is 8.08. The topological polar surface area (TPSA) is 42.2 Å². The summed E-state index contributed by atoms with van der Waals surface area (Å²) < 4.78 is 2.06. The fourth-order valence-electron chi connectivity index (χ4n) is 1.52. The molecular weight excluding hydrogens is 166 g/mol. The van der Waals surface area contributed by atoms with Crippen molar-refractivity contribution in [2.24, 2.45) is 0 Å². The van der Waals surface area contributed by atoms with Crippen LogP contribution in [0.4, 0.5) is 0 Å². The zero-order valence-corrected chi connectivity index (χ0v) is 8.08. The number of hydrogen-bond donors (Lipinski definition) is 1. The maximum absolute atomic E-state index is 10.6. The van der Waals surface area contributed by atoms with Gasteiger partial charge in [0, 0.05) is 30.1 Å². The summed E-state index contributed by atoms with van der Waals surface area (Å²) in [5, 5.41) is 8.69. The van der Waals surface area contributed by atoms with E-state index in [1.165, 1.54) is 0 Å². The molecule has 0 fully saturated rings. The molecule has 0 atom stereocenters. The van der Waals surface area contributed by atoms with Gasteiger partial charge in [-0.1, -0.05) is 0 Å². The molecule has 0 unspecified atom stereocenters. The van der Waals surface area contributed by atoms with Crippen LogP contribution < -0.4 is 0 Å². The molecule has 0 amide bonds. The molecule has 0 aliphatic rings. The van der Waals surface area contributed by atoms with E-state index in [0.717, 1.165) is 36.2 Å². The Morgan fingerprint density at radius 1 is 1.54 bits per heavy atom. The first-order valence-corrected chi connectivity index (χ1v) is 4.43. The quantitative estimate of drug-likeness (QED) is 0.711. The molecule has 0 aliphatic heterocycles. The number of carbonyl (C=O) groups excluding carboxylic acids is 1. The molecule has 0 spiro atoms. The lowest BCUT2D eigenvalue weighted by molar-refractivity contribution is 0.112. The number of carbonyl (C=O) groups is 1. The number of aliphatic hydroxyl groups excluding tert-OH is 1. The van der Waals surface area contributed by atoms with Crippen LogP contribution >= 0.6 is 0 Å². The van der Waals surface area contributed by atoms with Crippen LogP contribution in [-0.2, 0) is 6.54 Å². The number of aryl methyl sites for hydroxylation is 1. The Bertz CT molecular complexity index is 302. The molecule has 0 radical (unpaired) electrons. The molecule has 13 heavy (non-hydrogen) atoms. The van der Waals surface area contributed by atoms with Gasteiger partial charge in [0.2, 0.25) is 0 Å². The highest BCUT2D eigenvalue weighted by molar-refractivity contribution is 5.77. The second kappa shape index (κ2) is 4.23. The van der Waals surface area contributed by atoms with E-state index in [9.17, 15) is 4.79 Å². The van der Waals surface area contributed by atoms with Gasteiger partial charge in [-0.2, -0.15) is 0 Å². The van der Waals surface area contributed by atoms with Gasteiger partial charge in [-0.25, -0.2) is 0 Å². The minimum atomic E-state index is 0.188. The highest BCUT2D eigenvalue weighted by Gasteiger charge is 2.06. The Labute approximate surface area is 78.0 Å². The van der Waals surface area contributed by atoms with Gasteiger partial charge in [-0.05, 0) is 26.3 Å². The van der Waals surface area contributed by atoms with Crippen LogP contribution in [0.3, 0.4) is 0 Å². The fraction of sp³-hybridized carbons (Fsp3) is 0.500. The summed E-state index contributed by atoms with van der Waals surface area (Å²) in [5.74, 6) is 0. The van der Waals surface area contributed by atoms with Crippen LogP contribution in [0.2, 0.25) is 0 Å². The molecule has 0 aromatic carbocycles. The van der Waals surface area contributed by atoms with Crippen LogP contribution in [0.1, 0.15) is 28.2 Å². The van der Waals surface area contributed by atoms with Crippen molar-refractivity contribution < 1.29 is 9.90 Å². The maximum atomic E-state index is 10.6. The number of rotatable bonds is 4. The predicted octanol–water partition coefficient (Wildman–Crippen LogP) is 1.30. The minimum absolute atomic E-state index is 0.188. The van der Waals surface area contributed by atoms with Crippen LogP contribution in [-0.4, -0.2) is 22.6 Å². The van der Waals surface area contributed by atoms with E-state index in [2.05, 4.69) is 4.57 Å². The van der Waals surface area contributed by atoms with Crippen LogP contribution in [0.15, 0.2) is 6.07 Å². The molecule has 1 rings (SSSR count). The van der Waals surface area contributed by atoms with E-state index in [-0.39, 0.29) is 6.61 Å². The number of aliphatic hydroxyl groups is 1. The summed E-state index contributed by atoms with van der Waals surface area (Å²) in [5.41, 5.74) is 2.81. The molecule has 3 nitrogen and oxygen atoms in total. The van der Waals surface area contributed by atoms with Crippen LogP contribution in [0.25, 0.3) is 0 Å². The second-order valence-electron chi connectivity index (χ2n) is 3.17. The Kier molecular flexibility index (Phi) is 3.25. The van der Waals surface area contributed by atoms with Gasteiger partial charge in [0.15, 0.2) is 6.29 Å². The smallest absolute Gasteiger partial charge is 0.151 e. The Hall–Kier alpha value is -1.09. The van der Waals surface area contributed by atoms with E-state index >= 15 is 0 Å².